The average molecular weight is 804 g/mol. The van der Waals surface area contributed by atoms with Crippen molar-refractivity contribution in [2.75, 3.05) is 4.90 Å². The number of hydrogen-bond acceptors (Lipinski definition) is 1. The van der Waals surface area contributed by atoms with Crippen LogP contribution in [0.25, 0.3) is 88.4 Å². The van der Waals surface area contributed by atoms with E-state index in [9.17, 15) is 0 Å². The highest BCUT2D eigenvalue weighted by atomic mass is 15.1. The molecule has 296 valence electrons. The number of benzene rings is 10. The molecule has 0 amide bonds. The molecule has 63 heavy (non-hydrogen) atoms. The van der Waals surface area contributed by atoms with Crippen molar-refractivity contribution in [2.45, 2.75) is 0 Å². The van der Waals surface area contributed by atoms with Crippen molar-refractivity contribution in [3.8, 4) is 44.8 Å². The third-order valence-corrected chi connectivity index (χ3v) is 12.5. The maximum Gasteiger partial charge on any atom is 0.0541 e. The van der Waals surface area contributed by atoms with Gasteiger partial charge in [0.1, 0.15) is 0 Å². The Morgan fingerprint density at radius 3 is 0.968 bits per heavy atom. The van der Waals surface area contributed by atoms with Crippen molar-refractivity contribution in [1.29, 1.82) is 0 Å². The molecule has 2 heterocycles. The van der Waals surface area contributed by atoms with Crippen LogP contribution in [-0.2, 0) is 0 Å². The van der Waals surface area contributed by atoms with Crippen LogP contribution < -0.4 is 4.90 Å². The van der Waals surface area contributed by atoms with Crippen LogP contribution in [0.5, 0.6) is 0 Å². The van der Waals surface area contributed by atoms with Gasteiger partial charge in [-0.15, -0.1) is 0 Å². The molecule has 2 aromatic heterocycles. The lowest BCUT2D eigenvalue weighted by atomic mass is 9.96. The van der Waals surface area contributed by atoms with Crippen molar-refractivity contribution >= 4 is 60.7 Å². The molecule has 12 rings (SSSR count). The topological polar surface area (TPSA) is 13.1 Å². The van der Waals surface area contributed by atoms with Crippen LogP contribution in [0.3, 0.4) is 0 Å². The van der Waals surface area contributed by atoms with Gasteiger partial charge in [-0.05, 0) is 124 Å². The van der Waals surface area contributed by atoms with Gasteiger partial charge in [-0.3, -0.25) is 0 Å². The molecule has 0 unspecified atom stereocenters. The van der Waals surface area contributed by atoms with Gasteiger partial charge in [-0.2, -0.15) is 0 Å². The SMILES string of the molecule is c1ccc(-c2ccc(N(c3ccccc3)c3cc(-c4ccc(-n5c6ccccc6c6ccccc65)cc4)cc(-c4ccc(-n5c6ccccc6c6ccccc65)cc4)c3)cc2)cc1. The Morgan fingerprint density at radius 2 is 0.540 bits per heavy atom. The molecule has 0 fully saturated rings. The van der Waals surface area contributed by atoms with E-state index in [4.69, 9.17) is 0 Å². The Balaban J connectivity index is 1.01. The Hall–Kier alpha value is -8.40. The molecule has 12 aromatic rings. The van der Waals surface area contributed by atoms with Gasteiger partial charge in [-0.25, -0.2) is 0 Å². The first-order valence-corrected chi connectivity index (χ1v) is 21.6. The molecule has 0 aliphatic rings. The van der Waals surface area contributed by atoms with E-state index in [1.165, 1.54) is 54.7 Å². The average Bonchev–Trinajstić information content (AvgIpc) is 3.88. The number of aromatic nitrogens is 2. The highest BCUT2D eigenvalue weighted by molar-refractivity contribution is 6.10. The highest BCUT2D eigenvalue weighted by Gasteiger charge is 2.18. The van der Waals surface area contributed by atoms with Crippen LogP contribution in [0.1, 0.15) is 0 Å². The summed E-state index contributed by atoms with van der Waals surface area (Å²) in [7, 11) is 0. The fraction of sp³-hybridized carbons (Fsp3) is 0. The second-order valence-electron chi connectivity index (χ2n) is 16.2. The van der Waals surface area contributed by atoms with Crippen LogP contribution in [0.2, 0.25) is 0 Å². The summed E-state index contributed by atoms with van der Waals surface area (Å²) in [6, 6.07) is 90.1. The first-order valence-electron chi connectivity index (χ1n) is 21.6. The van der Waals surface area contributed by atoms with Gasteiger partial charge in [0.25, 0.3) is 0 Å². The number of hydrogen-bond donors (Lipinski definition) is 0. The lowest BCUT2D eigenvalue weighted by Crippen LogP contribution is -2.10. The summed E-state index contributed by atoms with van der Waals surface area (Å²) in [6.07, 6.45) is 0. The van der Waals surface area contributed by atoms with E-state index in [2.05, 4.69) is 263 Å². The molecule has 0 bridgehead atoms. The minimum atomic E-state index is 1.08. The molecular formula is C60H41N3. The third-order valence-electron chi connectivity index (χ3n) is 12.5. The lowest BCUT2D eigenvalue weighted by molar-refractivity contribution is 1.18. The molecular weight excluding hydrogens is 763 g/mol. The van der Waals surface area contributed by atoms with Gasteiger partial charge in [0.15, 0.2) is 0 Å². The zero-order valence-corrected chi connectivity index (χ0v) is 34.5. The van der Waals surface area contributed by atoms with Crippen molar-refractivity contribution in [1.82, 2.24) is 9.13 Å². The summed E-state index contributed by atoms with van der Waals surface area (Å²) < 4.78 is 4.76. The first-order chi connectivity index (χ1) is 31.2. The summed E-state index contributed by atoms with van der Waals surface area (Å²) in [4.78, 5) is 2.38. The van der Waals surface area contributed by atoms with Crippen LogP contribution >= 0.6 is 0 Å². The second kappa shape index (κ2) is 15.3. The minimum absolute atomic E-state index is 1.08. The minimum Gasteiger partial charge on any atom is -0.310 e. The van der Waals surface area contributed by atoms with Gasteiger partial charge in [0.05, 0.1) is 22.1 Å². The van der Waals surface area contributed by atoms with E-state index < -0.39 is 0 Å². The Morgan fingerprint density at radius 1 is 0.222 bits per heavy atom. The molecule has 0 radical (unpaired) electrons. The highest BCUT2D eigenvalue weighted by Crippen LogP contribution is 2.41. The van der Waals surface area contributed by atoms with Crippen LogP contribution in [-0.4, -0.2) is 9.13 Å². The van der Waals surface area contributed by atoms with Gasteiger partial charge in [0.2, 0.25) is 0 Å². The molecule has 0 atom stereocenters. The predicted molar refractivity (Wildman–Crippen MR) is 266 cm³/mol. The molecule has 0 aliphatic carbocycles. The van der Waals surface area contributed by atoms with Gasteiger partial charge < -0.3 is 14.0 Å². The Kier molecular flexibility index (Phi) is 8.83. The van der Waals surface area contributed by atoms with E-state index in [-0.39, 0.29) is 0 Å². The number of anilines is 3. The summed E-state index contributed by atoms with van der Waals surface area (Å²) in [5.41, 5.74) is 17.3. The summed E-state index contributed by atoms with van der Waals surface area (Å²) >= 11 is 0. The zero-order valence-electron chi connectivity index (χ0n) is 34.5. The quantitative estimate of drug-likeness (QED) is 0.149. The number of para-hydroxylation sites is 5. The largest absolute Gasteiger partial charge is 0.310 e. The Bertz CT molecular complexity index is 3300. The van der Waals surface area contributed by atoms with E-state index in [1.807, 2.05) is 0 Å². The summed E-state index contributed by atoms with van der Waals surface area (Å²) in [5.74, 6) is 0. The monoisotopic (exact) mass is 803 g/mol. The van der Waals surface area contributed by atoms with Gasteiger partial charge >= 0.3 is 0 Å². The van der Waals surface area contributed by atoms with Crippen LogP contribution in [0.15, 0.2) is 249 Å². The van der Waals surface area contributed by atoms with Crippen LogP contribution in [0, 0.1) is 0 Å². The predicted octanol–water partition coefficient (Wildman–Crippen LogP) is 16.4. The van der Waals surface area contributed by atoms with Crippen molar-refractivity contribution < 1.29 is 0 Å². The summed E-state index contributed by atoms with van der Waals surface area (Å²) in [6.45, 7) is 0. The van der Waals surface area contributed by atoms with E-state index in [1.54, 1.807) is 0 Å². The van der Waals surface area contributed by atoms with Crippen molar-refractivity contribution in [3.63, 3.8) is 0 Å². The molecule has 3 heteroatoms. The summed E-state index contributed by atoms with van der Waals surface area (Å²) in [5, 5.41) is 5.04. The van der Waals surface area contributed by atoms with Crippen molar-refractivity contribution in [3.05, 3.63) is 249 Å². The number of rotatable bonds is 8. The number of fused-ring (bicyclic) bond motifs is 6. The van der Waals surface area contributed by atoms with E-state index in [0.717, 1.165) is 50.7 Å². The maximum atomic E-state index is 2.38. The molecule has 0 spiro atoms. The van der Waals surface area contributed by atoms with Gasteiger partial charge in [-0.1, -0.05) is 158 Å². The van der Waals surface area contributed by atoms with Gasteiger partial charge in [0, 0.05) is 50.0 Å². The van der Waals surface area contributed by atoms with Crippen LogP contribution in [0.4, 0.5) is 17.1 Å². The molecule has 0 saturated heterocycles. The van der Waals surface area contributed by atoms with Crippen molar-refractivity contribution in [2.24, 2.45) is 0 Å². The molecule has 0 aliphatic heterocycles. The fourth-order valence-corrected chi connectivity index (χ4v) is 9.54. The number of nitrogens with zero attached hydrogens (tertiary/aromatic N) is 3. The standard InChI is InChI=1S/C60H41N3/c1-3-15-42(16-4-1)43-27-33-49(34-28-43)61(48-17-5-2-6-18-48)52-40-46(44-29-35-50(36-30-44)62-57-23-11-7-19-53(57)54-20-8-12-24-58(54)62)39-47(41-52)45-31-37-51(38-32-45)63-59-25-13-9-21-55(59)56-22-10-14-26-60(56)63/h1-41H. The molecule has 10 aromatic carbocycles. The third kappa shape index (κ3) is 6.38. The maximum absolute atomic E-state index is 2.38. The molecule has 0 saturated carbocycles. The lowest BCUT2D eigenvalue weighted by Gasteiger charge is -2.27. The molecule has 0 N–H and O–H groups in total. The van der Waals surface area contributed by atoms with E-state index in [0.29, 0.717) is 0 Å². The zero-order chi connectivity index (χ0) is 41.7. The molecule has 3 nitrogen and oxygen atoms in total. The first kappa shape index (κ1) is 36.5. The normalized spacial score (nSPS) is 11.5. The Labute approximate surface area is 366 Å². The second-order valence-corrected chi connectivity index (χ2v) is 16.2. The van der Waals surface area contributed by atoms with E-state index >= 15 is 0 Å². The fourth-order valence-electron chi connectivity index (χ4n) is 9.54. The smallest absolute Gasteiger partial charge is 0.0541 e.